The van der Waals surface area contributed by atoms with Crippen molar-refractivity contribution in [2.24, 2.45) is 0 Å². The molecule has 2 aromatic carbocycles. The van der Waals surface area contributed by atoms with Crippen molar-refractivity contribution < 1.29 is 0 Å². The van der Waals surface area contributed by atoms with E-state index in [-0.39, 0.29) is 0 Å². The average molecular weight is 495 g/mol. The molecule has 0 N–H and O–H groups in total. The van der Waals surface area contributed by atoms with Gasteiger partial charge in [0.05, 0.1) is 0 Å². The molecule has 0 atom stereocenters. The molecule has 0 aliphatic rings. The van der Waals surface area contributed by atoms with Crippen LogP contribution in [-0.4, -0.2) is 31.5 Å². The van der Waals surface area contributed by atoms with E-state index in [0.717, 1.165) is 5.69 Å². The molecule has 0 aliphatic carbocycles. The van der Waals surface area contributed by atoms with Gasteiger partial charge in [0.25, 0.3) is 0 Å². The Morgan fingerprint density at radius 2 is 1.44 bits per heavy atom. The van der Waals surface area contributed by atoms with Crippen molar-refractivity contribution in [1.82, 2.24) is 4.98 Å². The van der Waals surface area contributed by atoms with Crippen LogP contribution >= 0.6 is 11.3 Å². The fraction of sp³-hybridized carbons (Fsp3) is 0.261. The van der Waals surface area contributed by atoms with Crippen LogP contribution in [0.25, 0.3) is 31.4 Å². The second-order valence-corrected chi connectivity index (χ2v) is 31.8. The summed E-state index contributed by atoms with van der Waals surface area (Å²) in [5, 5.41) is 2.74. The van der Waals surface area contributed by atoms with Gasteiger partial charge < -0.3 is 0 Å². The molecule has 0 spiro atoms. The van der Waals surface area contributed by atoms with Gasteiger partial charge in [-0.15, -0.1) is 0 Å². The topological polar surface area (TPSA) is 12.9 Å². The van der Waals surface area contributed by atoms with E-state index < -0.39 is 26.5 Å². The van der Waals surface area contributed by atoms with Gasteiger partial charge in [0.15, 0.2) is 0 Å². The van der Waals surface area contributed by atoms with Gasteiger partial charge in [-0.1, -0.05) is 0 Å². The second kappa shape index (κ2) is 6.75. The fourth-order valence-corrected chi connectivity index (χ4v) is 9.55. The number of hydrogen-bond donors (Lipinski definition) is 0. The molecule has 138 valence electrons. The summed E-state index contributed by atoms with van der Waals surface area (Å²) < 4.78 is 5.82. The zero-order chi connectivity index (χ0) is 19.4. The molecule has 27 heavy (non-hydrogen) atoms. The molecule has 0 unspecified atom stereocenters. The van der Waals surface area contributed by atoms with Gasteiger partial charge in [0, 0.05) is 0 Å². The Morgan fingerprint density at radius 1 is 0.741 bits per heavy atom. The molecule has 0 aliphatic heterocycles. The number of fused-ring (bicyclic) bond motifs is 3. The Morgan fingerprint density at radius 3 is 2.07 bits per heavy atom. The van der Waals surface area contributed by atoms with Gasteiger partial charge in [-0.3, -0.25) is 0 Å². The van der Waals surface area contributed by atoms with Crippen molar-refractivity contribution in [3.05, 3.63) is 54.7 Å². The van der Waals surface area contributed by atoms with E-state index in [1.165, 1.54) is 30.1 Å². The van der Waals surface area contributed by atoms with Gasteiger partial charge >= 0.3 is 172 Å². The Bertz CT molecular complexity index is 1130. The molecule has 2 heterocycles. The summed E-state index contributed by atoms with van der Waals surface area (Å²) in [6.07, 6.45) is 2.12. The van der Waals surface area contributed by atoms with E-state index in [9.17, 15) is 0 Å². The molecule has 0 saturated heterocycles. The van der Waals surface area contributed by atoms with E-state index in [4.69, 9.17) is 4.98 Å². The van der Waals surface area contributed by atoms with Crippen LogP contribution in [0.15, 0.2) is 54.7 Å². The number of rotatable bonds is 3. The zero-order valence-electron chi connectivity index (χ0n) is 17.1. The molecule has 0 saturated carbocycles. The fourth-order valence-electron chi connectivity index (χ4n) is 3.46. The second-order valence-electron chi connectivity index (χ2n) is 9.43. The van der Waals surface area contributed by atoms with Crippen LogP contribution in [0.4, 0.5) is 0 Å². The molecular formula is C23H27Ge2NS. The van der Waals surface area contributed by atoms with Crippen molar-refractivity contribution in [3.63, 3.8) is 0 Å². The Kier molecular flexibility index (Phi) is 4.80. The first-order chi connectivity index (χ1) is 12.6. The first-order valence-electron chi connectivity index (χ1n) is 9.57. The van der Waals surface area contributed by atoms with Crippen LogP contribution in [0.3, 0.4) is 0 Å². The normalized spacial score (nSPS) is 12.8. The Hall–Kier alpha value is -1.10. The van der Waals surface area contributed by atoms with E-state index >= 15 is 0 Å². The molecule has 0 radical (unpaired) electrons. The molecule has 4 rings (SSSR count). The Balaban J connectivity index is 1.89. The third-order valence-corrected chi connectivity index (χ3v) is 15.0. The minimum absolute atomic E-state index is 1.09. The summed E-state index contributed by atoms with van der Waals surface area (Å²) in [7, 11) is 0. The number of hydrogen-bond acceptors (Lipinski definition) is 2. The van der Waals surface area contributed by atoms with E-state index in [1.54, 1.807) is 4.40 Å². The number of nitrogens with zero attached hydrogens (tertiary/aromatic N) is 1. The summed E-state index contributed by atoms with van der Waals surface area (Å²) in [5.41, 5.74) is 2.36. The standard InChI is InChI=1S/C23H27Ge2NS/c1-24(2,3)16-10-12-18-19-8-7-9-20(23(19)27-22(18)14-16)21-13-11-17(15-26-21)25(4,5)6/h7-15H,1-6H3. The quantitative estimate of drug-likeness (QED) is 0.309. The molecule has 4 heteroatoms. The number of thiophene rings is 1. The van der Waals surface area contributed by atoms with Gasteiger partial charge in [-0.25, -0.2) is 0 Å². The van der Waals surface area contributed by atoms with Crippen LogP contribution in [0, 0.1) is 0 Å². The van der Waals surface area contributed by atoms with Crippen LogP contribution in [0.2, 0.25) is 34.5 Å². The molecule has 0 amide bonds. The van der Waals surface area contributed by atoms with E-state index in [1.807, 2.05) is 11.3 Å². The van der Waals surface area contributed by atoms with Crippen molar-refractivity contribution in [2.45, 2.75) is 34.5 Å². The molecule has 0 fully saturated rings. The first kappa shape index (κ1) is 19.2. The minimum atomic E-state index is -1.82. The van der Waals surface area contributed by atoms with Crippen molar-refractivity contribution in [2.75, 3.05) is 0 Å². The van der Waals surface area contributed by atoms with Gasteiger partial charge in [-0.2, -0.15) is 0 Å². The number of pyridine rings is 1. The van der Waals surface area contributed by atoms with Crippen LogP contribution in [-0.2, 0) is 0 Å². The molecular weight excluding hydrogens is 468 g/mol. The maximum absolute atomic E-state index is 4.86. The van der Waals surface area contributed by atoms with Gasteiger partial charge in [0.2, 0.25) is 0 Å². The monoisotopic (exact) mass is 497 g/mol. The molecule has 2 aromatic heterocycles. The van der Waals surface area contributed by atoms with E-state index in [0.29, 0.717) is 0 Å². The van der Waals surface area contributed by atoms with Gasteiger partial charge in [0.1, 0.15) is 0 Å². The van der Waals surface area contributed by atoms with E-state index in [2.05, 4.69) is 89.3 Å². The van der Waals surface area contributed by atoms with Crippen molar-refractivity contribution >= 4 is 66.8 Å². The average Bonchev–Trinajstić information content (AvgIpc) is 2.98. The summed E-state index contributed by atoms with van der Waals surface area (Å²) in [6, 6.07) is 18.3. The third kappa shape index (κ3) is 3.64. The van der Waals surface area contributed by atoms with Crippen molar-refractivity contribution in [1.29, 1.82) is 0 Å². The first-order valence-corrected chi connectivity index (χ1v) is 25.1. The molecule has 4 aromatic rings. The third-order valence-electron chi connectivity index (χ3n) is 5.27. The molecule has 0 bridgehead atoms. The summed E-state index contributed by atoms with van der Waals surface area (Å²) in [6.45, 7) is 0. The van der Waals surface area contributed by atoms with Crippen molar-refractivity contribution in [3.8, 4) is 11.3 Å². The van der Waals surface area contributed by atoms with Gasteiger partial charge in [-0.05, 0) is 0 Å². The maximum atomic E-state index is 4.86. The summed E-state index contributed by atoms with van der Waals surface area (Å²) in [5.74, 6) is 14.6. The Labute approximate surface area is 171 Å². The summed E-state index contributed by atoms with van der Waals surface area (Å²) in [4.78, 5) is 4.86. The predicted molar refractivity (Wildman–Crippen MR) is 129 cm³/mol. The van der Waals surface area contributed by atoms with Crippen LogP contribution in [0.5, 0.6) is 0 Å². The number of aromatic nitrogens is 1. The SMILES string of the molecule is [CH3][Ge]([CH3])([CH3])[c]1ccc(-c2cccc3c2sc2c[c]([Ge]([CH3])([CH3])[CH3])ccc23)nc1. The zero-order valence-corrected chi connectivity index (χ0v) is 22.1. The molecule has 1 nitrogen and oxygen atoms in total. The predicted octanol–water partition coefficient (Wildman–Crippen LogP) is 6.21. The van der Waals surface area contributed by atoms with Crippen LogP contribution < -0.4 is 8.79 Å². The van der Waals surface area contributed by atoms with Crippen LogP contribution in [0.1, 0.15) is 0 Å². The summed E-state index contributed by atoms with van der Waals surface area (Å²) >= 11 is -1.71. The number of benzene rings is 2.